The first-order valence-corrected chi connectivity index (χ1v) is 11.7. The number of hydrogen-bond donors (Lipinski definition) is 1. The maximum Gasteiger partial charge on any atom is 0.246 e. The van der Waals surface area contributed by atoms with Crippen LogP contribution in [0.15, 0.2) is 57.9 Å². The van der Waals surface area contributed by atoms with Crippen LogP contribution in [-0.4, -0.2) is 30.9 Å². The molecule has 0 aliphatic carbocycles. The Morgan fingerprint density at radius 2 is 1.84 bits per heavy atom. The molecule has 1 N–H and O–H groups in total. The summed E-state index contributed by atoms with van der Waals surface area (Å²) >= 11 is 0. The van der Waals surface area contributed by atoms with E-state index in [0.717, 1.165) is 35.2 Å². The van der Waals surface area contributed by atoms with Gasteiger partial charge in [-0.2, -0.15) is 0 Å². The van der Waals surface area contributed by atoms with Gasteiger partial charge in [0.25, 0.3) is 0 Å². The van der Waals surface area contributed by atoms with E-state index in [-0.39, 0.29) is 23.1 Å². The van der Waals surface area contributed by atoms with E-state index in [9.17, 15) is 13.2 Å². The largest absolute Gasteiger partial charge is 0.360 e. The maximum atomic E-state index is 12.7. The van der Waals surface area contributed by atoms with Gasteiger partial charge in [0.05, 0.1) is 0 Å². The van der Waals surface area contributed by atoms with Gasteiger partial charge in [0.1, 0.15) is 10.6 Å². The number of nitrogens with one attached hydrogen (secondary N) is 1. The van der Waals surface area contributed by atoms with Crippen molar-refractivity contribution in [3.8, 4) is 11.1 Å². The van der Waals surface area contributed by atoms with Crippen LogP contribution in [0.1, 0.15) is 35.4 Å². The van der Waals surface area contributed by atoms with Crippen LogP contribution in [0.3, 0.4) is 0 Å². The highest BCUT2D eigenvalue weighted by atomic mass is 32.2. The average Bonchev–Trinajstić information content (AvgIpc) is 3.32. The Morgan fingerprint density at radius 3 is 2.48 bits per heavy atom. The van der Waals surface area contributed by atoms with E-state index in [1.807, 2.05) is 53.4 Å². The number of benzene rings is 2. The van der Waals surface area contributed by atoms with E-state index in [2.05, 4.69) is 9.88 Å². The van der Waals surface area contributed by atoms with Gasteiger partial charge in [0, 0.05) is 26.1 Å². The molecule has 2 heterocycles. The van der Waals surface area contributed by atoms with Gasteiger partial charge in [0.15, 0.2) is 5.76 Å². The summed E-state index contributed by atoms with van der Waals surface area (Å²) in [6, 6.07) is 15.8. The van der Waals surface area contributed by atoms with Crippen molar-refractivity contribution < 1.29 is 17.7 Å². The summed E-state index contributed by atoms with van der Waals surface area (Å²) in [6.45, 7) is 4.77. The lowest BCUT2D eigenvalue weighted by Gasteiger charge is -2.16. The van der Waals surface area contributed by atoms with E-state index in [0.29, 0.717) is 18.7 Å². The third kappa shape index (κ3) is 4.55. The van der Waals surface area contributed by atoms with Crippen molar-refractivity contribution >= 4 is 15.9 Å². The fourth-order valence-corrected chi connectivity index (χ4v) is 5.27. The van der Waals surface area contributed by atoms with Gasteiger partial charge < -0.3 is 9.42 Å². The molecule has 8 heteroatoms. The topological polar surface area (TPSA) is 92.5 Å². The molecule has 3 aromatic rings. The van der Waals surface area contributed by atoms with Gasteiger partial charge in [-0.3, -0.25) is 4.79 Å². The van der Waals surface area contributed by atoms with E-state index >= 15 is 0 Å². The lowest BCUT2D eigenvalue weighted by molar-refractivity contribution is -0.128. The molecule has 0 radical (unpaired) electrons. The van der Waals surface area contributed by atoms with Crippen molar-refractivity contribution in [1.29, 1.82) is 0 Å². The summed E-state index contributed by atoms with van der Waals surface area (Å²) in [5.74, 6) is 0.477. The Hall–Kier alpha value is -2.97. The predicted molar refractivity (Wildman–Crippen MR) is 117 cm³/mol. The molecule has 1 fully saturated rings. The number of likely N-dealkylation sites (tertiary alicyclic amines) is 1. The second kappa shape index (κ2) is 8.64. The zero-order valence-electron chi connectivity index (χ0n) is 17.6. The second-order valence-electron chi connectivity index (χ2n) is 7.75. The smallest absolute Gasteiger partial charge is 0.246 e. The first-order chi connectivity index (χ1) is 14.8. The SMILES string of the molecule is Cc1noc(C)c1S(=O)(=O)NCc1ccccc1-c1ccc(CN2CCCC2=O)cc1. The molecule has 2 aromatic carbocycles. The van der Waals surface area contributed by atoms with Crippen LogP contribution in [0.5, 0.6) is 0 Å². The second-order valence-corrected chi connectivity index (χ2v) is 9.45. The van der Waals surface area contributed by atoms with Crippen LogP contribution in [0.4, 0.5) is 0 Å². The number of amides is 1. The molecule has 1 aromatic heterocycles. The summed E-state index contributed by atoms with van der Waals surface area (Å²) < 4.78 is 33.2. The molecule has 1 aliphatic heterocycles. The summed E-state index contributed by atoms with van der Waals surface area (Å²) in [7, 11) is -3.74. The van der Waals surface area contributed by atoms with Crippen LogP contribution in [-0.2, 0) is 27.9 Å². The molecule has 162 valence electrons. The molecule has 0 bridgehead atoms. The molecule has 0 unspecified atom stereocenters. The molecule has 1 amide bonds. The molecule has 0 spiro atoms. The van der Waals surface area contributed by atoms with E-state index in [4.69, 9.17) is 4.52 Å². The highest BCUT2D eigenvalue weighted by Gasteiger charge is 2.24. The predicted octanol–water partition coefficient (Wildman–Crippen LogP) is 3.56. The van der Waals surface area contributed by atoms with Gasteiger partial charge >= 0.3 is 0 Å². The number of aryl methyl sites for hydroxylation is 2. The molecule has 7 nitrogen and oxygen atoms in total. The zero-order chi connectivity index (χ0) is 22.0. The minimum Gasteiger partial charge on any atom is -0.360 e. The Morgan fingerprint density at radius 1 is 1.10 bits per heavy atom. The van der Waals surface area contributed by atoms with Crippen LogP contribution in [0.25, 0.3) is 11.1 Å². The Bertz CT molecular complexity index is 1180. The summed E-state index contributed by atoms with van der Waals surface area (Å²) in [6.07, 6.45) is 1.56. The number of hydrogen-bond acceptors (Lipinski definition) is 5. The van der Waals surface area contributed by atoms with Crippen molar-refractivity contribution in [2.24, 2.45) is 0 Å². The number of aromatic nitrogens is 1. The highest BCUT2D eigenvalue weighted by molar-refractivity contribution is 7.89. The fraction of sp³-hybridized carbons (Fsp3) is 0.304. The quantitative estimate of drug-likeness (QED) is 0.608. The molecule has 1 saturated heterocycles. The molecule has 1 aliphatic rings. The van der Waals surface area contributed by atoms with Crippen molar-refractivity contribution in [1.82, 2.24) is 14.8 Å². The minimum absolute atomic E-state index is 0.0887. The van der Waals surface area contributed by atoms with Crippen LogP contribution < -0.4 is 4.72 Å². The van der Waals surface area contributed by atoms with Crippen LogP contribution in [0, 0.1) is 13.8 Å². The van der Waals surface area contributed by atoms with E-state index < -0.39 is 10.0 Å². The van der Waals surface area contributed by atoms with Crippen molar-refractivity contribution in [2.75, 3.05) is 6.54 Å². The lowest BCUT2D eigenvalue weighted by Crippen LogP contribution is -2.24. The first-order valence-electron chi connectivity index (χ1n) is 10.2. The first kappa shape index (κ1) is 21.3. The number of nitrogens with zero attached hydrogens (tertiary/aromatic N) is 2. The van der Waals surface area contributed by atoms with Crippen LogP contribution >= 0.6 is 0 Å². The van der Waals surface area contributed by atoms with Gasteiger partial charge in [-0.1, -0.05) is 53.7 Å². The molecule has 0 saturated carbocycles. The van der Waals surface area contributed by atoms with Gasteiger partial charge in [-0.25, -0.2) is 13.1 Å². The standard InChI is InChI=1S/C23H25N3O4S/c1-16-23(17(2)30-25-16)31(28,29)24-14-20-6-3-4-7-21(20)19-11-9-18(10-12-19)15-26-13-5-8-22(26)27/h3-4,6-7,9-12,24H,5,8,13-15H2,1-2H3. The normalized spacial score (nSPS) is 14.4. The molecular weight excluding hydrogens is 414 g/mol. The van der Waals surface area contributed by atoms with Gasteiger partial charge in [0.2, 0.25) is 15.9 Å². The Labute approximate surface area is 182 Å². The zero-order valence-corrected chi connectivity index (χ0v) is 18.4. The summed E-state index contributed by atoms with van der Waals surface area (Å²) in [4.78, 5) is 13.8. The molecule has 4 rings (SSSR count). The third-order valence-corrected chi connectivity index (χ3v) is 7.16. The maximum absolute atomic E-state index is 12.7. The summed E-state index contributed by atoms with van der Waals surface area (Å²) in [5, 5.41) is 3.73. The molecule has 0 atom stereocenters. The van der Waals surface area contributed by atoms with E-state index in [1.165, 1.54) is 0 Å². The number of carbonyl (C=O) groups is 1. The third-order valence-electron chi connectivity index (χ3n) is 5.52. The fourth-order valence-electron chi connectivity index (χ4n) is 3.94. The number of sulfonamides is 1. The number of carbonyl (C=O) groups excluding carboxylic acids is 1. The van der Waals surface area contributed by atoms with Crippen molar-refractivity contribution in [3.63, 3.8) is 0 Å². The number of rotatable bonds is 7. The van der Waals surface area contributed by atoms with Crippen molar-refractivity contribution in [2.45, 2.75) is 44.7 Å². The molecule has 31 heavy (non-hydrogen) atoms. The Kier molecular flexibility index (Phi) is 5.93. The van der Waals surface area contributed by atoms with Gasteiger partial charge in [-0.15, -0.1) is 0 Å². The highest BCUT2D eigenvalue weighted by Crippen LogP contribution is 2.26. The van der Waals surface area contributed by atoms with Gasteiger partial charge in [-0.05, 0) is 42.5 Å². The average molecular weight is 440 g/mol. The Balaban J connectivity index is 1.51. The van der Waals surface area contributed by atoms with E-state index in [1.54, 1.807) is 13.8 Å². The van der Waals surface area contributed by atoms with Crippen LogP contribution in [0.2, 0.25) is 0 Å². The summed E-state index contributed by atoms with van der Waals surface area (Å²) in [5.41, 5.74) is 4.22. The monoisotopic (exact) mass is 439 g/mol. The van der Waals surface area contributed by atoms with Crippen molar-refractivity contribution in [3.05, 3.63) is 71.1 Å². The molecular formula is C23H25N3O4S. The minimum atomic E-state index is -3.74. The lowest BCUT2D eigenvalue weighted by atomic mass is 9.98.